The van der Waals surface area contributed by atoms with Crippen molar-refractivity contribution >= 4 is 55.0 Å². The van der Waals surface area contributed by atoms with Gasteiger partial charge in [-0.25, -0.2) is 0 Å². The highest BCUT2D eigenvalue weighted by Crippen LogP contribution is 2.45. The van der Waals surface area contributed by atoms with Crippen LogP contribution in [-0.4, -0.2) is 19.9 Å². The lowest BCUT2D eigenvalue weighted by molar-refractivity contribution is 1.33. The van der Waals surface area contributed by atoms with E-state index in [4.69, 9.17) is 9.97 Å². The largest absolute Gasteiger partial charge is 0.255 e. The standard InChI is InChI=1S/C46H28N4S2/c1-2-8-35-30(6-1)7-5-11-36(35)31-14-12-29(13-15-31)32-16-19-39-40(22-32)46(34-18-21-42(50-24-34)44-26-48-28-52-44)38-10-4-3-9-37(38)45(39)33-17-20-41(49-23-33)43-25-47-27-51-43/h1-28H. The predicted molar refractivity (Wildman–Crippen MR) is 219 cm³/mol. The number of pyridine rings is 2. The van der Waals surface area contributed by atoms with Gasteiger partial charge in [-0.3, -0.25) is 19.9 Å². The Balaban J connectivity index is 1.16. The lowest BCUT2D eigenvalue weighted by Gasteiger charge is -2.19. The van der Waals surface area contributed by atoms with Crippen LogP contribution in [0.4, 0.5) is 0 Å². The number of hydrogen-bond acceptors (Lipinski definition) is 6. The zero-order valence-electron chi connectivity index (χ0n) is 27.8. The van der Waals surface area contributed by atoms with Crippen LogP contribution in [0, 0.1) is 0 Å². The number of benzene rings is 6. The third-order valence-electron chi connectivity index (χ3n) is 9.82. The minimum Gasteiger partial charge on any atom is -0.255 e. The highest BCUT2D eigenvalue weighted by atomic mass is 32.1. The van der Waals surface area contributed by atoms with Crippen molar-refractivity contribution < 1.29 is 0 Å². The molecule has 10 rings (SSSR count). The van der Waals surface area contributed by atoms with E-state index in [0.29, 0.717) is 0 Å². The second-order valence-electron chi connectivity index (χ2n) is 12.8. The third-order valence-corrected chi connectivity index (χ3v) is 11.4. The molecule has 0 saturated carbocycles. The van der Waals surface area contributed by atoms with E-state index in [0.717, 1.165) is 37.8 Å². The van der Waals surface area contributed by atoms with Crippen LogP contribution in [0.3, 0.4) is 0 Å². The summed E-state index contributed by atoms with van der Waals surface area (Å²) in [5.41, 5.74) is 14.8. The zero-order chi connectivity index (χ0) is 34.4. The summed E-state index contributed by atoms with van der Waals surface area (Å²) in [6.45, 7) is 0. The minimum atomic E-state index is 0.926. The summed E-state index contributed by atoms with van der Waals surface area (Å²) in [5.74, 6) is 0. The van der Waals surface area contributed by atoms with E-state index in [9.17, 15) is 0 Å². The lowest BCUT2D eigenvalue weighted by atomic mass is 9.85. The van der Waals surface area contributed by atoms with Crippen molar-refractivity contribution in [3.8, 4) is 65.6 Å². The molecule has 0 radical (unpaired) electrons. The Morgan fingerprint density at radius 2 is 0.885 bits per heavy atom. The summed E-state index contributed by atoms with van der Waals surface area (Å²) in [6.07, 6.45) is 7.75. The second-order valence-corrected chi connectivity index (χ2v) is 14.5. The summed E-state index contributed by atoms with van der Waals surface area (Å²) < 4.78 is 0. The molecule has 52 heavy (non-hydrogen) atoms. The van der Waals surface area contributed by atoms with Gasteiger partial charge in [0.25, 0.3) is 0 Å². The maximum Gasteiger partial charge on any atom is 0.0818 e. The van der Waals surface area contributed by atoms with E-state index in [1.54, 1.807) is 22.7 Å². The van der Waals surface area contributed by atoms with Gasteiger partial charge in [0.1, 0.15) is 0 Å². The molecule has 0 atom stereocenters. The van der Waals surface area contributed by atoms with Crippen molar-refractivity contribution in [2.75, 3.05) is 0 Å². The normalized spacial score (nSPS) is 11.5. The van der Waals surface area contributed by atoms with Crippen molar-refractivity contribution in [1.29, 1.82) is 0 Å². The molecule has 0 aliphatic heterocycles. The Morgan fingerprint density at radius 3 is 1.48 bits per heavy atom. The summed E-state index contributed by atoms with van der Waals surface area (Å²) in [6, 6.07) is 48.3. The van der Waals surface area contributed by atoms with Gasteiger partial charge in [-0.1, -0.05) is 115 Å². The molecule has 4 nitrogen and oxygen atoms in total. The average Bonchev–Trinajstić information content (AvgIpc) is 3.96. The number of thiazole rings is 2. The van der Waals surface area contributed by atoms with Crippen LogP contribution in [-0.2, 0) is 0 Å². The molecule has 0 bridgehead atoms. The number of aromatic nitrogens is 4. The fourth-order valence-electron chi connectivity index (χ4n) is 7.36. The molecule has 4 heterocycles. The summed E-state index contributed by atoms with van der Waals surface area (Å²) in [7, 11) is 0. The fourth-order valence-corrected chi connectivity index (χ4v) is 8.56. The van der Waals surface area contributed by atoms with Crippen LogP contribution < -0.4 is 0 Å². The highest BCUT2D eigenvalue weighted by molar-refractivity contribution is 7.13. The molecule has 0 aliphatic carbocycles. The van der Waals surface area contributed by atoms with Gasteiger partial charge in [0.2, 0.25) is 0 Å². The first-order valence-corrected chi connectivity index (χ1v) is 18.8. The van der Waals surface area contributed by atoms with Gasteiger partial charge in [0.15, 0.2) is 0 Å². The molecule has 0 saturated heterocycles. The molecule has 10 aromatic rings. The minimum absolute atomic E-state index is 0.926. The van der Waals surface area contributed by atoms with Crippen LogP contribution in [0.25, 0.3) is 98.0 Å². The topological polar surface area (TPSA) is 51.6 Å². The molecule has 0 amide bonds. The molecule has 6 heteroatoms. The highest BCUT2D eigenvalue weighted by Gasteiger charge is 2.19. The van der Waals surface area contributed by atoms with Gasteiger partial charge < -0.3 is 0 Å². The molecule has 244 valence electrons. The van der Waals surface area contributed by atoms with Gasteiger partial charge >= 0.3 is 0 Å². The van der Waals surface area contributed by atoms with Gasteiger partial charge in [-0.05, 0) is 83.9 Å². The second kappa shape index (κ2) is 12.8. The summed E-state index contributed by atoms with van der Waals surface area (Å²) in [5, 5.41) is 7.20. The Hall–Kier alpha value is -6.34. The van der Waals surface area contributed by atoms with Gasteiger partial charge in [-0.15, -0.1) is 22.7 Å². The SMILES string of the molecule is c1ccc2c(-c3ccc(-c4ccc5c(-c6ccc(-c7cncs7)nc6)c6ccccc6c(-c6ccc(-c7cncs7)nc6)c5c4)cc3)cccc2c1. The van der Waals surface area contributed by atoms with E-state index in [-0.39, 0.29) is 0 Å². The van der Waals surface area contributed by atoms with Crippen molar-refractivity contribution in [3.63, 3.8) is 0 Å². The number of fused-ring (bicyclic) bond motifs is 3. The van der Waals surface area contributed by atoms with Crippen molar-refractivity contribution in [3.05, 3.63) is 169 Å². The van der Waals surface area contributed by atoms with Crippen LogP contribution >= 0.6 is 22.7 Å². The molecule has 0 aliphatic rings. The van der Waals surface area contributed by atoms with Gasteiger partial charge in [0.05, 0.1) is 32.2 Å². The fraction of sp³-hybridized carbons (Fsp3) is 0. The quantitative estimate of drug-likeness (QED) is 0.162. The molecular weight excluding hydrogens is 673 g/mol. The molecule has 0 spiro atoms. The first-order valence-electron chi connectivity index (χ1n) is 17.1. The van der Waals surface area contributed by atoms with Gasteiger partial charge in [-0.2, -0.15) is 0 Å². The number of rotatable bonds is 6. The van der Waals surface area contributed by atoms with Crippen LogP contribution in [0.2, 0.25) is 0 Å². The first kappa shape index (κ1) is 30.5. The van der Waals surface area contributed by atoms with E-state index < -0.39 is 0 Å². The Bertz CT molecular complexity index is 2860. The van der Waals surface area contributed by atoms with E-state index in [1.165, 1.54) is 60.1 Å². The molecule has 4 aromatic heterocycles. The molecule has 6 aromatic carbocycles. The summed E-state index contributed by atoms with van der Waals surface area (Å²) in [4.78, 5) is 20.5. The lowest BCUT2D eigenvalue weighted by Crippen LogP contribution is -1.93. The molecule has 0 unspecified atom stereocenters. The van der Waals surface area contributed by atoms with Crippen LogP contribution in [0.5, 0.6) is 0 Å². The Morgan fingerprint density at radius 1 is 0.365 bits per heavy atom. The Labute approximate surface area is 308 Å². The van der Waals surface area contributed by atoms with Crippen molar-refractivity contribution in [2.24, 2.45) is 0 Å². The van der Waals surface area contributed by atoms with Crippen LogP contribution in [0.15, 0.2) is 169 Å². The van der Waals surface area contributed by atoms with E-state index in [1.807, 2.05) is 35.8 Å². The average molecular weight is 701 g/mol. The van der Waals surface area contributed by atoms with Crippen molar-refractivity contribution in [1.82, 2.24) is 19.9 Å². The van der Waals surface area contributed by atoms with E-state index >= 15 is 0 Å². The monoisotopic (exact) mass is 700 g/mol. The van der Waals surface area contributed by atoms with Crippen molar-refractivity contribution in [2.45, 2.75) is 0 Å². The van der Waals surface area contributed by atoms with Gasteiger partial charge in [0, 0.05) is 35.9 Å². The smallest absolute Gasteiger partial charge is 0.0818 e. The van der Waals surface area contributed by atoms with E-state index in [2.05, 4.69) is 143 Å². The maximum absolute atomic E-state index is 4.92. The maximum atomic E-state index is 4.92. The number of hydrogen-bond donors (Lipinski definition) is 0. The first-order chi connectivity index (χ1) is 25.8. The zero-order valence-corrected chi connectivity index (χ0v) is 29.4. The number of nitrogens with zero attached hydrogens (tertiary/aromatic N) is 4. The summed E-state index contributed by atoms with van der Waals surface area (Å²) >= 11 is 3.20. The third kappa shape index (κ3) is 5.28. The Kier molecular flexibility index (Phi) is 7.48. The molecule has 0 N–H and O–H groups in total. The molecular formula is C46H28N4S2. The molecule has 0 fully saturated rings. The van der Waals surface area contributed by atoms with Crippen LogP contribution in [0.1, 0.15) is 0 Å². The predicted octanol–water partition coefficient (Wildman–Crippen LogP) is 12.9.